The van der Waals surface area contributed by atoms with E-state index < -0.39 is 0 Å². The van der Waals surface area contributed by atoms with Crippen molar-refractivity contribution in [1.82, 2.24) is 5.32 Å². The maximum Gasteiger partial charge on any atom is 0.222 e. The monoisotopic (exact) mass is 229 g/mol. The van der Waals surface area contributed by atoms with Crippen molar-refractivity contribution in [3.05, 3.63) is 0 Å². The number of hydrogen-bond acceptors (Lipinski definition) is 3. The molecule has 0 unspecified atom stereocenters. The number of aliphatic hydroxyl groups is 1. The Hall–Kier alpha value is -0.610. The summed E-state index contributed by atoms with van der Waals surface area (Å²) in [6.45, 7) is 6.13. The molecule has 1 aliphatic rings. The van der Waals surface area contributed by atoms with Crippen molar-refractivity contribution in [2.45, 2.75) is 33.1 Å². The van der Waals surface area contributed by atoms with E-state index in [9.17, 15) is 4.79 Å². The van der Waals surface area contributed by atoms with Gasteiger partial charge in [0.1, 0.15) is 0 Å². The third-order valence-corrected chi connectivity index (χ3v) is 2.88. The quantitative estimate of drug-likeness (QED) is 0.609. The van der Waals surface area contributed by atoms with E-state index in [-0.39, 0.29) is 17.9 Å². The number of hydrogen-bond donors (Lipinski definition) is 2. The Morgan fingerprint density at radius 3 is 2.69 bits per heavy atom. The number of aliphatic hydroxyl groups excluding tert-OH is 1. The molecule has 0 radical (unpaired) electrons. The molecule has 1 rings (SSSR count). The highest BCUT2D eigenvalue weighted by Gasteiger charge is 2.41. The first-order valence-corrected chi connectivity index (χ1v) is 6.03. The zero-order chi connectivity index (χ0) is 12.0. The average molecular weight is 229 g/mol. The van der Waals surface area contributed by atoms with Gasteiger partial charge in [0, 0.05) is 25.0 Å². The molecule has 0 saturated heterocycles. The summed E-state index contributed by atoms with van der Waals surface area (Å²) in [5.41, 5.74) is -0.00551. The normalized spacial score (nSPS) is 17.5. The zero-order valence-electron chi connectivity index (χ0n) is 10.3. The first-order chi connectivity index (χ1) is 7.58. The number of carbonyl (C=O) groups excluding carboxylic acids is 1. The molecule has 0 aliphatic heterocycles. The standard InChI is InChI=1S/C12H23NO3/c1-10(2)7-16-6-3-11(15)13-8-12(9-14)4-5-12/h10,14H,3-9H2,1-2H3,(H,13,15). The predicted octanol–water partition coefficient (Wildman–Crippen LogP) is 0.938. The Labute approximate surface area is 97.4 Å². The van der Waals surface area contributed by atoms with Crippen LogP contribution in [0.2, 0.25) is 0 Å². The van der Waals surface area contributed by atoms with Crippen LogP contribution in [0.25, 0.3) is 0 Å². The minimum absolute atomic E-state index is 0.00551. The first-order valence-electron chi connectivity index (χ1n) is 6.03. The van der Waals surface area contributed by atoms with E-state index in [0.717, 1.165) is 12.8 Å². The van der Waals surface area contributed by atoms with Crippen LogP contribution >= 0.6 is 0 Å². The highest BCUT2D eigenvalue weighted by molar-refractivity contribution is 5.76. The van der Waals surface area contributed by atoms with Crippen molar-refractivity contribution in [2.75, 3.05) is 26.4 Å². The molecule has 0 bridgehead atoms. The molecule has 0 spiro atoms. The van der Waals surface area contributed by atoms with Crippen LogP contribution in [-0.4, -0.2) is 37.4 Å². The highest BCUT2D eigenvalue weighted by atomic mass is 16.5. The molecular weight excluding hydrogens is 206 g/mol. The first kappa shape index (κ1) is 13.5. The summed E-state index contributed by atoms with van der Waals surface area (Å²) in [5, 5.41) is 11.9. The summed E-state index contributed by atoms with van der Waals surface area (Å²) >= 11 is 0. The van der Waals surface area contributed by atoms with E-state index in [1.165, 1.54) is 0 Å². The van der Waals surface area contributed by atoms with Gasteiger partial charge in [0.2, 0.25) is 5.91 Å². The molecule has 0 atom stereocenters. The van der Waals surface area contributed by atoms with Crippen molar-refractivity contribution in [3.8, 4) is 0 Å². The number of carbonyl (C=O) groups is 1. The SMILES string of the molecule is CC(C)COCCC(=O)NCC1(CO)CC1. The lowest BCUT2D eigenvalue weighted by atomic mass is 10.1. The molecule has 0 aromatic carbocycles. The second-order valence-corrected chi connectivity index (χ2v) is 5.15. The molecule has 2 N–H and O–H groups in total. The molecular formula is C12H23NO3. The third-order valence-electron chi connectivity index (χ3n) is 2.88. The van der Waals surface area contributed by atoms with Gasteiger partial charge in [-0.1, -0.05) is 13.8 Å². The lowest BCUT2D eigenvalue weighted by molar-refractivity contribution is -0.122. The van der Waals surface area contributed by atoms with E-state index in [1.54, 1.807) is 0 Å². The summed E-state index contributed by atoms with van der Waals surface area (Å²) in [6.07, 6.45) is 2.45. The Balaban J connectivity index is 1.99. The van der Waals surface area contributed by atoms with Crippen LogP contribution in [0.3, 0.4) is 0 Å². The summed E-state index contributed by atoms with van der Waals surface area (Å²) < 4.78 is 5.33. The zero-order valence-corrected chi connectivity index (χ0v) is 10.3. The van der Waals surface area contributed by atoms with Crippen molar-refractivity contribution in [2.24, 2.45) is 11.3 Å². The molecule has 1 saturated carbocycles. The molecule has 1 amide bonds. The smallest absolute Gasteiger partial charge is 0.222 e. The fourth-order valence-electron chi connectivity index (χ4n) is 1.43. The Morgan fingerprint density at radius 2 is 2.19 bits per heavy atom. The predicted molar refractivity (Wildman–Crippen MR) is 62.0 cm³/mol. The van der Waals surface area contributed by atoms with Gasteiger partial charge in [0.05, 0.1) is 13.2 Å². The van der Waals surface area contributed by atoms with E-state index in [0.29, 0.717) is 32.1 Å². The van der Waals surface area contributed by atoms with Gasteiger partial charge in [-0.05, 0) is 18.8 Å². The van der Waals surface area contributed by atoms with E-state index >= 15 is 0 Å². The fraction of sp³-hybridized carbons (Fsp3) is 0.917. The fourth-order valence-corrected chi connectivity index (χ4v) is 1.43. The van der Waals surface area contributed by atoms with Gasteiger partial charge < -0.3 is 15.2 Å². The lowest BCUT2D eigenvalue weighted by Gasteiger charge is -2.12. The topological polar surface area (TPSA) is 58.6 Å². The van der Waals surface area contributed by atoms with Gasteiger partial charge in [-0.3, -0.25) is 4.79 Å². The van der Waals surface area contributed by atoms with Crippen molar-refractivity contribution in [1.29, 1.82) is 0 Å². The molecule has 0 heterocycles. The number of amides is 1. The van der Waals surface area contributed by atoms with E-state index in [2.05, 4.69) is 19.2 Å². The Bertz CT molecular complexity index is 224. The molecule has 1 aliphatic carbocycles. The van der Waals surface area contributed by atoms with Crippen molar-refractivity contribution in [3.63, 3.8) is 0 Å². The molecule has 4 nitrogen and oxygen atoms in total. The van der Waals surface area contributed by atoms with Crippen LogP contribution in [0.1, 0.15) is 33.1 Å². The van der Waals surface area contributed by atoms with Gasteiger partial charge in [-0.15, -0.1) is 0 Å². The third kappa shape index (κ3) is 4.94. The van der Waals surface area contributed by atoms with Crippen molar-refractivity contribution < 1.29 is 14.6 Å². The minimum Gasteiger partial charge on any atom is -0.396 e. The van der Waals surface area contributed by atoms with Crippen LogP contribution in [0, 0.1) is 11.3 Å². The van der Waals surface area contributed by atoms with Gasteiger partial charge in [0.15, 0.2) is 0 Å². The summed E-state index contributed by atoms with van der Waals surface area (Å²) in [5.74, 6) is 0.524. The minimum atomic E-state index is -0.00551. The molecule has 16 heavy (non-hydrogen) atoms. The van der Waals surface area contributed by atoms with E-state index in [4.69, 9.17) is 9.84 Å². The maximum absolute atomic E-state index is 11.4. The largest absolute Gasteiger partial charge is 0.396 e. The molecule has 94 valence electrons. The summed E-state index contributed by atoms with van der Waals surface area (Å²) in [7, 11) is 0. The van der Waals surface area contributed by atoms with Crippen LogP contribution < -0.4 is 5.32 Å². The summed E-state index contributed by atoms with van der Waals surface area (Å²) in [6, 6.07) is 0. The number of rotatable bonds is 8. The van der Waals surface area contributed by atoms with Crippen LogP contribution in [0.5, 0.6) is 0 Å². The molecule has 0 aromatic heterocycles. The second-order valence-electron chi connectivity index (χ2n) is 5.15. The maximum atomic E-state index is 11.4. The van der Waals surface area contributed by atoms with Gasteiger partial charge in [-0.2, -0.15) is 0 Å². The van der Waals surface area contributed by atoms with Crippen LogP contribution in [0.15, 0.2) is 0 Å². The number of nitrogens with one attached hydrogen (secondary N) is 1. The van der Waals surface area contributed by atoms with Gasteiger partial charge in [-0.25, -0.2) is 0 Å². The van der Waals surface area contributed by atoms with Gasteiger partial charge in [0.25, 0.3) is 0 Å². The average Bonchev–Trinajstić information content (AvgIpc) is 3.02. The molecule has 0 aromatic rings. The van der Waals surface area contributed by atoms with Crippen LogP contribution in [-0.2, 0) is 9.53 Å². The van der Waals surface area contributed by atoms with Crippen molar-refractivity contribution >= 4 is 5.91 Å². The van der Waals surface area contributed by atoms with Gasteiger partial charge >= 0.3 is 0 Å². The molecule has 1 fully saturated rings. The van der Waals surface area contributed by atoms with Crippen LogP contribution in [0.4, 0.5) is 0 Å². The van der Waals surface area contributed by atoms with E-state index in [1.807, 2.05) is 0 Å². The lowest BCUT2D eigenvalue weighted by Crippen LogP contribution is -2.32. The second kappa shape index (κ2) is 6.21. The highest BCUT2D eigenvalue weighted by Crippen LogP contribution is 2.44. The Morgan fingerprint density at radius 1 is 1.50 bits per heavy atom. The Kier molecular flexibility index (Phi) is 5.22. The number of ether oxygens (including phenoxy) is 1. The summed E-state index contributed by atoms with van der Waals surface area (Å²) in [4.78, 5) is 11.4. The molecule has 4 heteroatoms.